The summed E-state index contributed by atoms with van der Waals surface area (Å²) in [4.78, 5) is 28.3. The van der Waals surface area contributed by atoms with E-state index in [9.17, 15) is 9.59 Å². The van der Waals surface area contributed by atoms with Crippen molar-refractivity contribution in [3.63, 3.8) is 0 Å². The zero-order valence-corrected chi connectivity index (χ0v) is 11.8. The number of likely N-dealkylation sites (N-methyl/N-ethyl adjacent to an activating group) is 1. The predicted octanol–water partition coefficient (Wildman–Crippen LogP) is 1.64. The van der Waals surface area contributed by atoms with Crippen LogP contribution in [0.2, 0.25) is 0 Å². The van der Waals surface area contributed by atoms with Crippen molar-refractivity contribution >= 4 is 38.6 Å². The highest BCUT2D eigenvalue weighted by Crippen LogP contribution is 2.25. The summed E-state index contributed by atoms with van der Waals surface area (Å²) in [6.07, 6.45) is 0. The van der Waals surface area contributed by atoms with Crippen LogP contribution < -0.4 is 5.32 Å². The van der Waals surface area contributed by atoms with Gasteiger partial charge in [0, 0.05) is 0 Å². The zero-order chi connectivity index (χ0) is 14.5. The lowest BCUT2D eigenvalue weighted by molar-refractivity contribution is -0.138. The predicted molar refractivity (Wildman–Crippen MR) is 78.0 cm³/mol. The first kappa shape index (κ1) is 14.4. The van der Waals surface area contributed by atoms with Gasteiger partial charge in [-0.05, 0) is 18.7 Å². The lowest BCUT2D eigenvalue weighted by Gasteiger charge is -2.16. The van der Waals surface area contributed by atoms with Gasteiger partial charge in [0.1, 0.15) is 0 Å². The van der Waals surface area contributed by atoms with E-state index in [1.165, 1.54) is 11.3 Å². The summed E-state index contributed by atoms with van der Waals surface area (Å²) >= 11 is 1.40. The highest BCUT2D eigenvalue weighted by Gasteiger charge is 2.13. The number of nitrogens with zero attached hydrogens (tertiary/aromatic N) is 2. The second-order valence-electron chi connectivity index (χ2n) is 4.23. The van der Waals surface area contributed by atoms with Crippen molar-refractivity contribution in [1.29, 1.82) is 0 Å². The van der Waals surface area contributed by atoms with Crippen LogP contribution in [0.15, 0.2) is 24.3 Å². The van der Waals surface area contributed by atoms with Gasteiger partial charge in [-0.25, -0.2) is 4.98 Å². The Morgan fingerprint density at radius 2 is 2.10 bits per heavy atom. The molecule has 1 amide bonds. The number of benzene rings is 1. The van der Waals surface area contributed by atoms with E-state index < -0.39 is 5.97 Å². The highest BCUT2D eigenvalue weighted by atomic mass is 32.1. The van der Waals surface area contributed by atoms with E-state index in [0.717, 1.165) is 10.2 Å². The van der Waals surface area contributed by atoms with Crippen LogP contribution in [-0.4, -0.2) is 46.5 Å². The number of aromatic nitrogens is 1. The van der Waals surface area contributed by atoms with Gasteiger partial charge in [0.25, 0.3) is 0 Å². The Morgan fingerprint density at radius 3 is 2.75 bits per heavy atom. The molecule has 7 heteroatoms. The monoisotopic (exact) mass is 293 g/mol. The Balaban J connectivity index is 1.98. The second kappa shape index (κ2) is 6.44. The second-order valence-corrected chi connectivity index (χ2v) is 5.26. The number of rotatable bonds is 6. The van der Waals surface area contributed by atoms with Gasteiger partial charge >= 0.3 is 5.97 Å². The molecule has 1 aromatic heterocycles. The van der Waals surface area contributed by atoms with E-state index in [4.69, 9.17) is 5.11 Å². The number of hydrogen-bond donors (Lipinski definition) is 2. The summed E-state index contributed by atoms with van der Waals surface area (Å²) in [5, 5.41) is 12.0. The standard InChI is InChI=1S/C13H15N3O3S/c1-2-16(8-12(18)19)7-11(17)15-13-14-9-5-3-4-6-10(9)20-13/h3-6H,2,7-8H2,1H3,(H,18,19)(H,14,15,17). The van der Waals surface area contributed by atoms with E-state index in [1.54, 1.807) is 4.90 Å². The van der Waals surface area contributed by atoms with E-state index in [-0.39, 0.29) is 19.0 Å². The molecule has 0 atom stereocenters. The molecule has 0 fully saturated rings. The van der Waals surface area contributed by atoms with Gasteiger partial charge in [0.15, 0.2) is 5.13 Å². The number of amides is 1. The van der Waals surface area contributed by atoms with Crippen molar-refractivity contribution in [3.05, 3.63) is 24.3 Å². The number of fused-ring (bicyclic) bond motifs is 1. The Morgan fingerprint density at radius 1 is 1.35 bits per heavy atom. The average molecular weight is 293 g/mol. The van der Waals surface area contributed by atoms with Crippen molar-refractivity contribution in [3.8, 4) is 0 Å². The number of carboxylic acid groups (broad SMARTS) is 1. The summed E-state index contributed by atoms with van der Waals surface area (Å²) in [7, 11) is 0. The molecule has 6 nitrogen and oxygen atoms in total. The molecule has 0 saturated carbocycles. The number of aliphatic carboxylic acids is 1. The number of para-hydroxylation sites is 1. The third-order valence-electron chi connectivity index (χ3n) is 2.71. The first-order valence-corrected chi connectivity index (χ1v) is 6.99. The maximum absolute atomic E-state index is 11.9. The van der Waals surface area contributed by atoms with Crippen LogP contribution in [0.4, 0.5) is 5.13 Å². The van der Waals surface area contributed by atoms with E-state index in [1.807, 2.05) is 31.2 Å². The quantitative estimate of drug-likeness (QED) is 0.846. The molecule has 0 saturated heterocycles. The fraction of sp³-hybridized carbons (Fsp3) is 0.308. The third-order valence-corrected chi connectivity index (χ3v) is 3.67. The van der Waals surface area contributed by atoms with Crippen molar-refractivity contribution < 1.29 is 14.7 Å². The van der Waals surface area contributed by atoms with Crippen LogP contribution in [0, 0.1) is 0 Å². The molecule has 0 aliphatic rings. The lowest BCUT2D eigenvalue weighted by atomic mass is 10.3. The molecule has 0 bridgehead atoms. The van der Waals surface area contributed by atoms with E-state index in [2.05, 4.69) is 10.3 Å². The third kappa shape index (κ3) is 3.75. The average Bonchev–Trinajstić information content (AvgIpc) is 2.79. The van der Waals surface area contributed by atoms with Crippen molar-refractivity contribution in [2.45, 2.75) is 6.92 Å². The summed E-state index contributed by atoms with van der Waals surface area (Å²) < 4.78 is 1.00. The molecule has 20 heavy (non-hydrogen) atoms. The maximum Gasteiger partial charge on any atom is 0.317 e. The molecule has 2 aromatic rings. The molecule has 1 heterocycles. The maximum atomic E-state index is 11.9. The molecular formula is C13H15N3O3S. The van der Waals surface area contributed by atoms with Crippen LogP contribution in [0.3, 0.4) is 0 Å². The van der Waals surface area contributed by atoms with Gasteiger partial charge in [-0.3, -0.25) is 14.5 Å². The molecule has 0 aliphatic carbocycles. The number of carbonyl (C=O) groups excluding carboxylic acids is 1. The van der Waals surface area contributed by atoms with Crippen LogP contribution in [-0.2, 0) is 9.59 Å². The van der Waals surface area contributed by atoms with E-state index in [0.29, 0.717) is 11.7 Å². The first-order valence-electron chi connectivity index (χ1n) is 6.18. The molecule has 2 N–H and O–H groups in total. The smallest absolute Gasteiger partial charge is 0.317 e. The highest BCUT2D eigenvalue weighted by molar-refractivity contribution is 7.22. The molecule has 0 spiro atoms. The number of hydrogen-bond acceptors (Lipinski definition) is 5. The summed E-state index contributed by atoms with van der Waals surface area (Å²) in [6, 6.07) is 7.62. The van der Waals surface area contributed by atoms with Crippen LogP contribution in [0.5, 0.6) is 0 Å². The Kier molecular flexibility index (Phi) is 4.65. The van der Waals surface area contributed by atoms with Crippen molar-refractivity contribution in [2.75, 3.05) is 25.0 Å². The van der Waals surface area contributed by atoms with E-state index >= 15 is 0 Å². The summed E-state index contributed by atoms with van der Waals surface area (Å²) in [5.41, 5.74) is 0.839. The fourth-order valence-electron chi connectivity index (χ4n) is 1.76. The molecule has 1 aromatic carbocycles. The lowest BCUT2D eigenvalue weighted by Crippen LogP contribution is -2.36. The zero-order valence-electron chi connectivity index (χ0n) is 11.0. The largest absolute Gasteiger partial charge is 0.480 e. The van der Waals surface area contributed by atoms with Gasteiger partial charge in [0.2, 0.25) is 5.91 Å². The summed E-state index contributed by atoms with van der Waals surface area (Å²) in [6.45, 7) is 2.20. The van der Waals surface area contributed by atoms with Gasteiger partial charge in [0.05, 0.1) is 23.3 Å². The van der Waals surface area contributed by atoms with Crippen LogP contribution >= 0.6 is 11.3 Å². The Bertz CT molecular complexity index is 593. The number of anilines is 1. The number of nitrogens with one attached hydrogen (secondary N) is 1. The van der Waals surface area contributed by atoms with Crippen LogP contribution in [0.25, 0.3) is 10.2 Å². The van der Waals surface area contributed by atoms with Gasteiger partial charge < -0.3 is 10.4 Å². The molecular weight excluding hydrogens is 278 g/mol. The first-order chi connectivity index (χ1) is 9.58. The molecule has 106 valence electrons. The minimum Gasteiger partial charge on any atom is -0.480 e. The summed E-state index contributed by atoms with van der Waals surface area (Å²) in [5.74, 6) is -1.20. The van der Waals surface area contributed by atoms with Gasteiger partial charge in [-0.1, -0.05) is 30.4 Å². The molecule has 2 rings (SSSR count). The minimum atomic E-state index is -0.945. The molecule has 0 unspecified atom stereocenters. The van der Waals surface area contributed by atoms with Crippen LogP contribution in [0.1, 0.15) is 6.92 Å². The number of thiazole rings is 1. The Labute approximate surface area is 120 Å². The fourth-order valence-corrected chi connectivity index (χ4v) is 2.64. The van der Waals surface area contributed by atoms with Crippen molar-refractivity contribution in [2.24, 2.45) is 0 Å². The molecule has 0 aliphatic heterocycles. The number of carbonyl (C=O) groups is 2. The minimum absolute atomic E-state index is 0.0404. The Hall–Kier alpha value is -1.99. The number of carboxylic acids is 1. The molecule has 0 radical (unpaired) electrons. The topological polar surface area (TPSA) is 82.5 Å². The van der Waals surface area contributed by atoms with Crippen molar-refractivity contribution in [1.82, 2.24) is 9.88 Å². The van der Waals surface area contributed by atoms with Gasteiger partial charge in [-0.15, -0.1) is 0 Å². The normalized spacial score (nSPS) is 10.9. The van der Waals surface area contributed by atoms with Gasteiger partial charge in [-0.2, -0.15) is 0 Å². The SMILES string of the molecule is CCN(CC(=O)O)CC(=O)Nc1nc2ccccc2s1.